The number of hydrogen-bond acceptors (Lipinski definition) is 3. The van der Waals surface area contributed by atoms with Gasteiger partial charge >= 0.3 is 0 Å². The van der Waals surface area contributed by atoms with Gasteiger partial charge in [0.25, 0.3) is 0 Å². The van der Waals surface area contributed by atoms with Crippen LogP contribution in [-0.4, -0.2) is 11.5 Å². The van der Waals surface area contributed by atoms with Crippen molar-refractivity contribution in [3.63, 3.8) is 0 Å². The van der Waals surface area contributed by atoms with Gasteiger partial charge in [-0.2, -0.15) is 0 Å². The topological polar surface area (TPSA) is 50.9 Å². The highest BCUT2D eigenvalue weighted by atomic mass is 15.0. The van der Waals surface area contributed by atoms with Gasteiger partial charge in [-0.1, -0.05) is 39.5 Å². The van der Waals surface area contributed by atoms with Gasteiger partial charge in [0.05, 0.1) is 11.9 Å². The molecular formula is C15H27N3. The van der Waals surface area contributed by atoms with Gasteiger partial charge in [-0.3, -0.25) is 0 Å². The number of nitrogens with two attached hydrogens (primary N) is 1. The molecule has 0 aliphatic carbocycles. The summed E-state index contributed by atoms with van der Waals surface area (Å²) in [6.45, 7) is 7.58. The van der Waals surface area contributed by atoms with E-state index in [1.807, 2.05) is 13.0 Å². The molecule has 0 atom stereocenters. The highest BCUT2D eigenvalue weighted by Crippen LogP contribution is 2.13. The first-order valence-corrected chi connectivity index (χ1v) is 7.05. The molecule has 3 heteroatoms. The molecule has 0 unspecified atom stereocenters. The van der Waals surface area contributed by atoms with Crippen LogP contribution < -0.4 is 11.1 Å². The molecule has 102 valence electrons. The van der Waals surface area contributed by atoms with Crippen molar-refractivity contribution in [3.05, 3.63) is 17.8 Å². The summed E-state index contributed by atoms with van der Waals surface area (Å²) in [5, 5.41) is 3.35. The zero-order valence-corrected chi connectivity index (χ0v) is 12.0. The van der Waals surface area contributed by atoms with Crippen molar-refractivity contribution < 1.29 is 0 Å². The van der Waals surface area contributed by atoms with E-state index in [4.69, 9.17) is 5.73 Å². The Labute approximate surface area is 111 Å². The maximum Gasteiger partial charge on any atom is 0.126 e. The third kappa shape index (κ3) is 5.89. The van der Waals surface area contributed by atoms with Crippen molar-refractivity contribution in [2.45, 2.75) is 52.9 Å². The molecule has 0 saturated heterocycles. The van der Waals surface area contributed by atoms with E-state index in [1.165, 1.54) is 32.1 Å². The van der Waals surface area contributed by atoms with Crippen LogP contribution >= 0.6 is 0 Å². The SMILES string of the molecule is Cc1cc(NCCCCCCC(C)C)ncc1N. The average Bonchev–Trinajstić information content (AvgIpc) is 2.32. The molecule has 1 aromatic rings. The molecule has 3 N–H and O–H groups in total. The van der Waals surface area contributed by atoms with E-state index in [9.17, 15) is 0 Å². The number of anilines is 2. The number of aromatic nitrogens is 1. The number of aryl methyl sites for hydroxylation is 1. The van der Waals surface area contributed by atoms with E-state index < -0.39 is 0 Å². The molecule has 0 aromatic carbocycles. The Balaban J connectivity index is 2.09. The molecule has 0 saturated carbocycles. The molecule has 0 aliphatic rings. The number of nitrogen functional groups attached to an aromatic ring is 1. The molecule has 0 fully saturated rings. The highest BCUT2D eigenvalue weighted by molar-refractivity contribution is 5.50. The summed E-state index contributed by atoms with van der Waals surface area (Å²) >= 11 is 0. The third-order valence-electron chi connectivity index (χ3n) is 3.17. The van der Waals surface area contributed by atoms with E-state index in [0.29, 0.717) is 0 Å². The van der Waals surface area contributed by atoms with Crippen molar-refractivity contribution in [1.29, 1.82) is 0 Å². The van der Waals surface area contributed by atoms with Crippen LogP contribution in [0.5, 0.6) is 0 Å². The fourth-order valence-corrected chi connectivity index (χ4v) is 1.91. The van der Waals surface area contributed by atoms with Crippen LogP contribution in [0.4, 0.5) is 11.5 Å². The molecule has 0 radical (unpaired) electrons. The molecule has 0 spiro atoms. The minimum absolute atomic E-state index is 0.759. The molecule has 0 amide bonds. The summed E-state index contributed by atoms with van der Waals surface area (Å²) in [7, 11) is 0. The number of nitrogens with zero attached hydrogens (tertiary/aromatic N) is 1. The van der Waals surface area contributed by atoms with Crippen molar-refractivity contribution in [2.24, 2.45) is 5.92 Å². The highest BCUT2D eigenvalue weighted by Gasteiger charge is 1.98. The van der Waals surface area contributed by atoms with Crippen LogP contribution in [0.25, 0.3) is 0 Å². The molecule has 0 bridgehead atoms. The van der Waals surface area contributed by atoms with Crippen LogP contribution in [0, 0.1) is 12.8 Å². The second kappa shape index (κ2) is 7.96. The predicted octanol–water partition coefficient (Wildman–Crippen LogP) is 3.99. The predicted molar refractivity (Wildman–Crippen MR) is 79.8 cm³/mol. The van der Waals surface area contributed by atoms with E-state index >= 15 is 0 Å². The van der Waals surface area contributed by atoms with Crippen LogP contribution in [0.3, 0.4) is 0 Å². The van der Waals surface area contributed by atoms with Gasteiger partial charge in [0.2, 0.25) is 0 Å². The van der Waals surface area contributed by atoms with Gasteiger partial charge < -0.3 is 11.1 Å². The van der Waals surface area contributed by atoms with E-state index in [1.54, 1.807) is 6.20 Å². The molecular weight excluding hydrogens is 222 g/mol. The van der Waals surface area contributed by atoms with Gasteiger partial charge in [0, 0.05) is 6.54 Å². The molecule has 1 aromatic heterocycles. The first-order chi connectivity index (χ1) is 8.59. The second-order valence-electron chi connectivity index (χ2n) is 5.45. The monoisotopic (exact) mass is 249 g/mol. The minimum atomic E-state index is 0.759. The van der Waals surface area contributed by atoms with Crippen LogP contribution in [-0.2, 0) is 0 Å². The summed E-state index contributed by atoms with van der Waals surface area (Å²) in [4.78, 5) is 4.26. The van der Waals surface area contributed by atoms with Gasteiger partial charge in [0.15, 0.2) is 0 Å². The Hall–Kier alpha value is -1.25. The van der Waals surface area contributed by atoms with Gasteiger partial charge in [-0.05, 0) is 30.9 Å². The Kier molecular flexibility index (Phi) is 6.55. The Morgan fingerprint density at radius 3 is 2.61 bits per heavy atom. The first kappa shape index (κ1) is 14.8. The number of hydrogen-bond donors (Lipinski definition) is 2. The minimum Gasteiger partial charge on any atom is -0.397 e. The normalized spacial score (nSPS) is 10.9. The quantitative estimate of drug-likeness (QED) is 0.685. The molecule has 3 nitrogen and oxygen atoms in total. The zero-order chi connectivity index (χ0) is 13.4. The van der Waals surface area contributed by atoms with E-state index in [0.717, 1.165) is 29.5 Å². The van der Waals surface area contributed by atoms with Crippen molar-refractivity contribution in [1.82, 2.24) is 4.98 Å². The summed E-state index contributed by atoms with van der Waals surface area (Å²) in [6, 6.07) is 2.01. The lowest BCUT2D eigenvalue weighted by atomic mass is 10.0. The van der Waals surface area contributed by atoms with Gasteiger partial charge in [-0.25, -0.2) is 4.98 Å². The molecule has 1 rings (SSSR count). The fraction of sp³-hybridized carbons (Fsp3) is 0.667. The number of nitrogens with one attached hydrogen (secondary N) is 1. The van der Waals surface area contributed by atoms with Crippen LogP contribution in [0.15, 0.2) is 12.3 Å². The zero-order valence-electron chi connectivity index (χ0n) is 12.0. The first-order valence-electron chi connectivity index (χ1n) is 7.05. The summed E-state index contributed by atoms with van der Waals surface area (Å²) < 4.78 is 0. The van der Waals surface area contributed by atoms with Crippen molar-refractivity contribution >= 4 is 11.5 Å². The number of unbranched alkanes of at least 4 members (excludes halogenated alkanes) is 3. The smallest absolute Gasteiger partial charge is 0.126 e. The lowest BCUT2D eigenvalue weighted by molar-refractivity contribution is 0.523. The lowest BCUT2D eigenvalue weighted by Gasteiger charge is -2.08. The number of rotatable bonds is 8. The summed E-state index contributed by atoms with van der Waals surface area (Å²) in [5.74, 6) is 1.77. The molecule has 1 heterocycles. The van der Waals surface area contributed by atoms with E-state index in [2.05, 4.69) is 24.1 Å². The standard InChI is InChI=1S/C15H27N3/c1-12(2)8-6-4-5-7-9-17-15-10-13(3)14(16)11-18-15/h10-12H,4-9,16H2,1-3H3,(H,17,18). The lowest BCUT2D eigenvalue weighted by Crippen LogP contribution is -2.04. The Bertz CT molecular complexity index is 348. The molecule has 0 aliphatic heterocycles. The maximum atomic E-state index is 5.73. The maximum absolute atomic E-state index is 5.73. The second-order valence-corrected chi connectivity index (χ2v) is 5.45. The largest absolute Gasteiger partial charge is 0.397 e. The third-order valence-corrected chi connectivity index (χ3v) is 3.17. The van der Waals surface area contributed by atoms with Gasteiger partial charge in [0.1, 0.15) is 5.82 Å². The summed E-state index contributed by atoms with van der Waals surface area (Å²) in [5.41, 5.74) is 7.58. The Morgan fingerprint density at radius 1 is 1.22 bits per heavy atom. The number of pyridine rings is 1. The molecule has 18 heavy (non-hydrogen) atoms. The van der Waals surface area contributed by atoms with E-state index in [-0.39, 0.29) is 0 Å². The van der Waals surface area contributed by atoms with Crippen molar-refractivity contribution in [2.75, 3.05) is 17.6 Å². The van der Waals surface area contributed by atoms with Crippen molar-refractivity contribution in [3.8, 4) is 0 Å². The van der Waals surface area contributed by atoms with Gasteiger partial charge in [-0.15, -0.1) is 0 Å². The average molecular weight is 249 g/mol. The van der Waals surface area contributed by atoms with Crippen LogP contribution in [0.1, 0.15) is 51.5 Å². The summed E-state index contributed by atoms with van der Waals surface area (Å²) in [6.07, 6.45) is 8.29. The van der Waals surface area contributed by atoms with Crippen LogP contribution in [0.2, 0.25) is 0 Å². The fourth-order valence-electron chi connectivity index (χ4n) is 1.91. The Morgan fingerprint density at radius 2 is 1.94 bits per heavy atom.